The third-order valence-electron chi connectivity index (χ3n) is 3.70. The average molecular weight is 423 g/mol. The topological polar surface area (TPSA) is 74.1 Å². The molecule has 3 aromatic rings. The smallest absolute Gasteiger partial charge is 0.316 e. The van der Waals surface area contributed by atoms with Gasteiger partial charge in [0.15, 0.2) is 35.0 Å². The van der Waals surface area contributed by atoms with Crippen molar-refractivity contribution in [3.05, 3.63) is 52.9 Å². The van der Waals surface area contributed by atoms with E-state index in [9.17, 15) is 18.4 Å². The van der Waals surface area contributed by atoms with Crippen LogP contribution in [-0.2, 0) is 16.1 Å². The number of thioether (sulfide) groups is 1. The highest BCUT2D eigenvalue weighted by atomic mass is 32.2. The Kier molecular flexibility index (Phi) is 6.53. The van der Waals surface area contributed by atoms with Crippen LogP contribution in [0.15, 0.2) is 40.9 Å². The lowest BCUT2D eigenvalue weighted by Crippen LogP contribution is -2.16. The number of halogens is 2. The van der Waals surface area contributed by atoms with E-state index in [0.717, 1.165) is 40.7 Å². The highest BCUT2D eigenvalue weighted by Crippen LogP contribution is 2.27. The number of esters is 1. The fourth-order valence-corrected chi connectivity index (χ4v) is 3.85. The molecule has 0 aliphatic carbocycles. The van der Waals surface area contributed by atoms with Crippen LogP contribution in [0.5, 0.6) is 0 Å². The molecule has 2 heterocycles. The predicted molar refractivity (Wildman–Crippen MR) is 101 cm³/mol. The summed E-state index contributed by atoms with van der Waals surface area (Å²) in [6.07, 6.45) is 0. The van der Waals surface area contributed by atoms with Crippen LogP contribution in [0.25, 0.3) is 10.7 Å². The predicted octanol–water partition coefficient (Wildman–Crippen LogP) is 3.82. The van der Waals surface area contributed by atoms with Gasteiger partial charge in [0, 0.05) is 12.1 Å². The van der Waals surface area contributed by atoms with E-state index < -0.39 is 30.0 Å². The molecule has 1 aromatic carbocycles. The normalized spacial score (nSPS) is 10.8. The first kappa shape index (κ1) is 20.2. The minimum atomic E-state index is -1.13. The van der Waals surface area contributed by atoms with Crippen molar-refractivity contribution < 1.29 is 23.1 Å². The monoisotopic (exact) mass is 423 g/mol. The van der Waals surface area contributed by atoms with E-state index in [1.54, 1.807) is 11.3 Å². The second-order valence-corrected chi connectivity index (χ2v) is 7.42. The van der Waals surface area contributed by atoms with Gasteiger partial charge >= 0.3 is 5.97 Å². The van der Waals surface area contributed by atoms with Crippen molar-refractivity contribution >= 4 is 34.9 Å². The molecule has 0 amide bonds. The van der Waals surface area contributed by atoms with Crippen LogP contribution >= 0.6 is 23.1 Å². The molecular weight excluding hydrogens is 408 g/mol. The van der Waals surface area contributed by atoms with E-state index in [4.69, 9.17) is 4.74 Å². The van der Waals surface area contributed by atoms with Crippen LogP contribution in [0, 0.1) is 11.6 Å². The molecule has 0 N–H and O–H groups in total. The van der Waals surface area contributed by atoms with E-state index in [0.29, 0.717) is 11.7 Å². The van der Waals surface area contributed by atoms with E-state index in [1.807, 2.05) is 29.0 Å². The Labute approximate surface area is 167 Å². The molecule has 2 aromatic heterocycles. The lowest BCUT2D eigenvalue weighted by Gasteiger charge is -2.07. The first-order chi connectivity index (χ1) is 13.5. The van der Waals surface area contributed by atoms with E-state index in [1.165, 1.54) is 0 Å². The van der Waals surface area contributed by atoms with Crippen LogP contribution in [0.3, 0.4) is 0 Å². The van der Waals surface area contributed by atoms with Gasteiger partial charge in [0.25, 0.3) is 0 Å². The van der Waals surface area contributed by atoms with E-state index >= 15 is 0 Å². The molecule has 0 atom stereocenters. The molecule has 0 aliphatic rings. The fourth-order valence-electron chi connectivity index (χ4n) is 2.33. The maximum absolute atomic E-state index is 13.2. The van der Waals surface area contributed by atoms with Crippen LogP contribution in [0.1, 0.15) is 17.3 Å². The van der Waals surface area contributed by atoms with Crippen molar-refractivity contribution in [3.8, 4) is 10.7 Å². The number of hydrogen-bond acceptors (Lipinski definition) is 7. The maximum atomic E-state index is 13.2. The minimum Gasteiger partial charge on any atom is -0.457 e. The number of rotatable bonds is 8. The number of benzene rings is 1. The quantitative estimate of drug-likeness (QED) is 0.312. The molecule has 0 bridgehead atoms. The van der Waals surface area contributed by atoms with Crippen molar-refractivity contribution in [3.63, 3.8) is 0 Å². The number of aromatic nitrogens is 3. The molecule has 3 rings (SSSR count). The highest BCUT2D eigenvalue weighted by Gasteiger charge is 2.17. The number of hydrogen-bond donors (Lipinski definition) is 0. The first-order valence-electron chi connectivity index (χ1n) is 8.23. The van der Waals surface area contributed by atoms with Gasteiger partial charge in [-0.15, -0.1) is 21.5 Å². The molecule has 0 aliphatic heterocycles. The summed E-state index contributed by atoms with van der Waals surface area (Å²) in [5.74, 6) is -2.76. The van der Waals surface area contributed by atoms with Crippen molar-refractivity contribution in [2.45, 2.75) is 18.6 Å². The van der Waals surface area contributed by atoms with Gasteiger partial charge in [0.2, 0.25) is 0 Å². The lowest BCUT2D eigenvalue weighted by molar-refractivity contribution is -0.139. The molecule has 0 saturated carbocycles. The van der Waals surface area contributed by atoms with Crippen LogP contribution in [0.4, 0.5) is 8.78 Å². The van der Waals surface area contributed by atoms with Gasteiger partial charge in [-0.05, 0) is 36.6 Å². The molecule has 10 heteroatoms. The summed E-state index contributed by atoms with van der Waals surface area (Å²) in [7, 11) is 0. The molecule has 6 nitrogen and oxygen atoms in total. The fraction of sp³-hybridized carbons (Fsp3) is 0.222. The van der Waals surface area contributed by atoms with Gasteiger partial charge in [-0.3, -0.25) is 9.59 Å². The Balaban J connectivity index is 1.54. The van der Waals surface area contributed by atoms with Gasteiger partial charge in [-0.2, -0.15) is 0 Å². The second kappa shape index (κ2) is 9.07. The summed E-state index contributed by atoms with van der Waals surface area (Å²) >= 11 is 2.69. The Hall–Kier alpha value is -2.59. The van der Waals surface area contributed by atoms with Crippen molar-refractivity contribution in [1.82, 2.24) is 14.8 Å². The summed E-state index contributed by atoms with van der Waals surface area (Å²) < 4.78 is 32.9. The minimum absolute atomic E-state index is 0.0619. The molecule has 28 heavy (non-hydrogen) atoms. The number of carbonyl (C=O) groups is 2. The Morgan fingerprint density at radius 1 is 1.21 bits per heavy atom. The second-order valence-electron chi connectivity index (χ2n) is 5.53. The van der Waals surface area contributed by atoms with Gasteiger partial charge < -0.3 is 9.30 Å². The number of carbonyl (C=O) groups excluding carboxylic acids is 2. The van der Waals surface area contributed by atoms with E-state index in [2.05, 4.69) is 10.2 Å². The molecule has 146 valence electrons. The van der Waals surface area contributed by atoms with Crippen LogP contribution in [-0.4, -0.2) is 38.9 Å². The number of Topliss-reactive ketones (excluding diaryl/α,β-unsaturated/α-hetero) is 1. The average Bonchev–Trinajstić information content (AvgIpc) is 3.35. The van der Waals surface area contributed by atoms with Crippen molar-refractivity contribution in [1.29, 1.82) is 0 Å². The largest absolute Gasteiger partial charge is 0.457 e. The number of nitrogens with zero attached hydrogens (tertiary/aromatic N) is 3. The lowest BCUT2D eigenvalue weighted by atomic mass is 10.1. The molecule has 0 fully saturated rings. The third kappa shape index (κ3) is 4.63. The van der Waals surface area contributed by atoms with Crippen LogP contribution < -0.4 is 0 Å². The van der Waals surface area contributed by atoms with E-state index in [-0.39, 0.29) is 11.3 Å². The molecule has 0 spiro atoms. The Bertz CT molecular complexity index is 990. The maximum Gasteiger partial charge on any atom is 0.316 e. The van der Waals surface area contributed by atoms with Gasteiger partial charge in [-0.1, -0.05) is 17.8 Å². The Morgan fingerprint density at radius 3 is 2.71 bits per heavy atom. The van der Waals surface area contributed by atoms with Crippen molar-refractivity contribution in [2.24, 2.45) is 0 Å². The molecule has 0 radical (unpaired) electrons. The molecule has 0 saturated heterocycles. The zero-order chi connectivity index (χ0) is 20.1. The number of ether oxygens (including phenoxy) is 1. The summed E-state index contributed by atoms with van der Waals surface area (Å²) in [5.41, 5.74) is -0.0642. The van der Waals surface area contributed by atoms with Gasteiger partial charge in [0.1, 0.15) is 0 Å². The summed E-state index contributed by atoms with van der Waals surface area (Å²) in [4.78, 5) is 24.8. The first-order valence-corrected chi connectivity index (χ1v) is 10.1. The van der Waals surface area contributed by atoms with Gasteiger partial charge in [0.05, 0.1) is 10.6 Å². The number of ketones is 1. The summed E-state index contributed by atoms with van der Waals surface area (Å²) in [5, 5.41) is 10.8. The highest BCUT2D eigenvalue weighted by molar-refractivity contribution is 7.99. The molecule has 0 unspecified atom stereocenters. The standard InChI is InChI=1S/C18H15F2N3O3S2/c1-2-23-17(15-4-3-7-27-15)21-22-18(23)28-10-16(25)26-9-14(24)11-5-6-12(19)13(20)8-11/h3-8H,2,9-10H2,1H3. The SMILES string of the molecule is CCn1c(SCC(=O)OCC(=O)c2ccc(F)c(F)c2)nnc1-c1cccs1. The molecular formula is C18H15F2N3O3S2. The van der Waals surface area contributed by atoms with Gasteiger partial charge in [-0.25, -0.2) is 8.78 Å². The zero-order valence-electron chi connectivity index (χ0n) is 14.7. The van der Waals surface area contributed by atoms with Crippen molar-refractivity contribution in [2.75, 3.05) is 12.4 Å². The Morgan fingerprint density at radius 2 is 2.04 bits per heavy atom. The summed E-state index contributed by atoms with van der Waals surface area (Å²) in [6.45, 7) is 2.03. The zero-order valence-corrected chi connectivity index (χ0v) is 16.4. The third-order valence-corrected chi connectivity index (χ3v) is 5.51. The summed E-state index contributed by atoms with van der Waals surface area (Å²) in [6, 6.07) is 6.62. The van der Waals surface area contributed by atoms with Crippen LogP contribution in [0.2, 0.25) is 0 Å². The number of thiophene rings is 1.